The van der Waals surface area contributed by atoms with Crippen LogP contribution in [0.1, 0.15) is 17.0 Å². The zero-order valence-electron chi connectivity index (χ0n) is 12.4. The van der Waals surface area contributed by atoms with Crippen LogP contribution in [-0.4, -0.2) is 25.8 Å². The smallest absolute Gasteiger partial charge is 0.183 e. The molecule has 5 heteroatoms. The summed E-state index contributed by atoms with van der Waals surface area (Å²) in [6.45, 7) is 2.13. The molecule has 3 unspecified atom stereocenters. The maximum Gasteiger partial charge on any atom is 0.183 e. The number of rotatable bonds is 4. The van der Waals surface area contributed by atoms with Crippen molar-refractivity contribution >= 4 is 9.84 Å². The summed E-state index contributed by atoms with van der Waals surface area (Å²) in [6.07, 6.45) is 0. The minimum Gasteiger partial charge on any atom is -0.329 e. The first-order valence-corrected chi connectivity index (χ1v) is 8.80. The Labute approximate surface area is 131 Å². The van der Waals surface area contributed by atoms with Crippen LogP contribution in [0.25, 0.3) is 0 Å². The number of hydrogen-bond donors (Lipinski definition) is 2. The Hall–Kier alpha value is -1.69. The van der Waals surface area contributed by atoms with Gasteiger partial charge in [0, 0.05) is 12.5 Å². The van der Waals surface area contributed by atoms with Gasteiger partial charge in [0.25, 0.3) is 0 Å². The van der Waals surface area contributed by atoms with Crippen molar-refractivity contribution in [3.63, 3.8) is 0 Å². The van der Waals surface area contributed by atoms with E-state index in [0.29, 0.717) is 4.90 Å². The molecule has 0 aliphatic heterocycles. The Kier molecular flexibility index (Phi) is 3.59. The van der Waals surface area contributed by atoms with Gasteiger partial charge in [0.15, 0.2) is 9.84 Å². The van der Waals surface area contributed by atoms with E-state index in [9.17, 15) is 8.42 Å². The summed E-state index contributed by atoms with van der Waals surface area (Å²) in [5, 5.41) is -0.671. The average molecular weight is 316 g/mol. The standard InChI is InChI=1S/C17H20N2O2S/c1-12-7-9-13(10-8-12)15-16(17(15,19)11-18)22(20,21)14-5-3-2-4-6-14/h2-10,15-16H,11,18-19H2,1H3. The molecule has 2 aromatic rings. The Morgan fingerprint density at radius 1 is 1.05 bits per heavy atom. The van der Waals surface area contributed by atoms with E-state index in [1.165, 1.54) is 0 Å². The van der Waals surface area contributed by atoms with Gasteiger partial charge in [0.2, 0.25) is 0 Å². The topological polar surface area (TPSA) is 86.2 Å². The van der Waals surface area contributed by atoms with Gasteiger partial charge < -0.3 is 11.5 Å². The van der Waals surface area contributed by atoms with E-state index in [0.717, 1.165) is 11.1 Å². The quantitative estimate of drug-likeness (QED) is 0.897. The van der Waals surface area contributed by atoms with E-state index in [1.54, 1.807) is 30.3 Å². The second-order valence-corrected chi connectivity index (χ2v) is 8.05. The molecule has 0 aromatic heterocycles. The summed E-state index contributed by atoms with van der Waals surface area (Å²) in [6, 6.07) is 16.3. The van der Waals surface area contributed by atoms with E-state index in [-0.39, 0.29) is 12.5 Å². The van der Waals surface area contributed by atoms with Gasteiger partial charge in [-0.2, -0.15) is 0 Å². The van der Waals surface area contributed by atoms with Gasteiger partial charge in [-0.25, -0.2) is 8.42 Å². The van der Waals surface area contributed by atoms with Gasteiger partial charge in [-0.05, 0) is 24.6 Å². The predicted molar refractivity (Wildman–Crippen MR) is 87.3 cm³/mol. The molecule has 4 nitrogen and oxygen atoms in total. The molecule has 0 heterocycles. The normalized spacial score (nSPS) is 27.6. The Morgan fingerprint density at radius 2 is 1.64 bits per heavy atom. The fourth-order valence-electron chi connectivity index (χ4n) is 3.15. The molecule has 1 aliphatic rings. The van der Waals surface area contributed by atoms with E-state index < -0.39 is 20.6 Å². The number of aryl methyl sites for hydroxylation is 1. The number of sulfone groups is 1. The van der Waals surface area contributed by atoms with Crippen molar-refractivity contribution in [3.05, 3.63) is 65.7 Å². The molecular weight excluding hydrogens is 296 g/mol. The third-order valence-electron chi connectivity index (χ3n) is 4.50. The van der Waals surface area contributed by atoms with Crippen LogP contribution in [0, 0.1) is 6.92 Å². The predicted octanol–water partition coefficient (Wildman–Crippen LogP) is 1.59. The zero-order valence-corrected chi connectivity index (χ0v) is 13.3. The Balaban J connectivity index is 2.02. The van der Waals surface area contributed by atoms with Crippen LogP contribution in [0.2, 0.25) is 0 Å². The molecule has 0 amide bonds. The highest BCUT2D eigenvalue weighted by Crippen LogP contribution is 2.55. The number of nitrogens with two attached hydrogens (primary N) is 2. The van der Waals surface area contributed by atoms with Gasteiger partial charge in [-0.1, -0.05) is 48.0 Å². The van der Waals surface area contributed by atoms with Gasteiger partial charge in [-0.15, -0.1) is 0 Å². The van der Waals surface area contributed by atoms with Crippen molar-refractivity contribution in [2.45, 2.75) is 28.5 Å². The molecule has 0 saturated heterocycles. The van der Waals surface area contributed by atoms with Crippen molar-refractivity contribution < 1.29 is 8.42 Å². The zero-order chi connectivity index (χ0) is 16.0. The molecule has 0 spiro atoms. The summed E-state index contributed by atoms with van der Waals surface area (Å²) in [4.78, 5) is 0.304. The first-order valence-electron chi connectivity index (χ1n) is 7.26. The molecule has 0 bridgehead atoms. The summed E-state index contributed by atoms with van der Waals surface area (Å²) in [7, 11) is -3.50. The van der Waals surface area contributed by atoms with Gasteiger partial charge in [-0.3, -0.25) is 0 Å². The minimum atomic E-state index is -3.50. The lowest BCUT2D eigenvalue weighted by atomic mass is 10.1. The van der Waals surface area contributed by atoms with Crippen LogP contribution in [0.3, 0.4) is 0 Å². The van der Waals surface area contributed by atoms with Crippen molar-refractivity contribution in [3.8, 4) is 0 Å². The van der Waals surface area contributed by atoms with Crippen molar-refractivity contribution in [1.29, 1.82) is 0 Å². The lowest BCUT2D eigenvalue weighted by molar-refractivity contribution is 0.586. The third-order valence-corrected chi connectivity index (χ3v) is 6.81. The third kappa shape index (κ3) is 2.26. The molecule has 2 aromatic carbocycles. The molecule has 0 radical (unpaired) electrons. The highest BCUT2D eigenvalue weighted by molar-refractivity contribution is 7.92. The molecule has 4 N–H and O–H groups in total. The van der Waals surface area contributed by atoms with Crippen LogP contribution in [0.15, 0.2) is 59.5 Å². The van der Waals surface area contributed by atoms with Crippen LogP contribution in [-0.2, 0) is 9.84 Å². The first-order chi connectivity index (χ1) is 10.4. The van der Waals surface area contributed by atoms with E-state index in [1.807, 2.05) is 31.2 Å². The maximum absolute atomic E-state index is 12.9. The van der Waals surface area contributed by atoms with Crippen LogP contribution < -0.4 is 11.5 Å². The van der Waals surface area contributed by atoms with Gasteiger partial charge in [0.1, 0.15) is 0 Å². The van der Waals surface area contributed by atoms with Crippen molar-refractivity contribution in [1.82, 2.24) is 0 Å². The summed E-state index contributed by atoms with van der Waals surface area (Å²) in [5.74, 6) is -0.261. The fourth-order valence-corrected chi connectivity index (χ4v) is 5.49. The van der Waals surface area contributed by atoms with E-state index in [4.69, 9.17) is 11.5 Å². The fraction of sp³-hybridized carbons (Fsp3) is 0.294. The molecule has 1 aliphatic carbocycles. The Bertz CT molecular complexity index is 772. The molecule has 1 fully saturated rings. The molecule has 3 atom stereocenters. The highest BCUT2D eigenvalue weighted by Gasteiger charge is 2.68. The largest absolute Gasteiger partial charge is 0.329 e. The van der Waals surface area contributed by atoms with E-state index >= 15 is 0 Å². The van der Waals surface area contributed by atoms with Gasteiger partial charge >= 0.3 is 0 Å². The molecule has 3 rings (SSSR count). The second kappa shape index (κ2) is 5.19. The maximum atomic E-state index is 12.9. The second-order valence-electron chi connectivity index (χ2n) is 5.98. The van der Waals surface area contributed by atoms with Gasteiger partial charge in [0.05, 0.1) is 15.7 Å². The monoisotopic (exact) mass is 316 g/mol. The SMILES string of the molecule is Cc1ccc(C2C(S(=O)(=O)c3ccccc3)C2(N)CN)cc1. The molecule has 1 saturated carbocycles. The van der Waals surface area contributed by atoms with Crippen LogP contribution in [0.4, 0.5) is 0 Å². The van der Waals surface area contributed by atoms with E-state index in [2.05, 4.69) is 0 Å². The summed E-state index contributed by atoms with van der Waals surface area (Å²) in [5.41, 5.74) is 13.3. The summed E-state index contributed by atoms with van der Waals surface area (Å²) < 4.78 is 25.8. The lowest BCUT2D eigenvalue weighted by Gasteiger charge is -2.09. The Morgan fingerprint density at radius 3 is 2.18 bits per heavy atom. The number of benzene rings is 2. The molecule has 116 valence electrons. The highest BCUT2D eigenvalue weighted by atomic mass is 32.2. The van der Waals surface area contributed by atoms with Crippen molar-refractivity contribution in [2.24, 2.45) is 11.5 Å². The first kappa shape index (κ1) is 15.2. The minimum absolute atomic E-state index is 0.141. The number of hydrogen-bond acceptors (Lipinski definition) is 4. The van der Waals surface area contributed by atoms with Crippen LogP contribution >= 0.6 is 0 Å². The summed E-state index contributed by atoms with van der Waals surface area (Å²) >= 11 is 0. The molecular formula is C17H20N2O2S. The molecule has 22 heavy (non-hydrogen) atoms. The van der Waals surface area contributed by atoms with Crippen LogP contribution in [0.5, 0.6) is 0 Å². The average Bonchev–Trinajstić information content (AvgIpc) is 3.17. The lowest BCUT2D eigenvalue weighted by Crippen LogP contribution is -2.39. The van der Waals surface area contributed by atoms with Crippen molar-refractivity contribution in [2.75, 3.05) is 6.54 Å².